The lowest BCUT2D eigenvalue weighted by Crippen LogP contribution is -2.32. The number of nitrogens with zero attached hydrogens (tertiary/aromatic N) is 2. The molecule has 0 amide bonds. The highest BCUT2D eigenvalue weighted by atomic mass is 16.5. The number of nitrogens with one attached hydrogen (secondary N) is 1. The zero-order valence-electron chi connectivity index (χ0n) is 10.9. The van der Waals surface area contributed by atoms with Crippen LogP contribution in [0.2, 0.25) is 0 Å². The van der Waals surface area contributed by atoms with Gasteiger partial charge in [-0.25, -0.2) is 4.79 Å². The number of nitriles is 1. The molecule has 0 aliphatic carbocycles. The van der Waals surface area contributed by atoms with Crippen molar-refractivity contribution in [2.24, 2.45) is 0 Å². The van der Waals surface area contributed by atoms with E-state index in [-0.39, 0.29) is 12.2 Å². The maximum absolute atomic E-state index is 11.5. The van der Waals surface area contributed by atoms with Crippen LogP contribution < -0.4 is 16.0 Å². The van der Waals surface area contributed by atoms with Crippen LogP contribution in [0, 0.1) is 18.3 Å². The predicted octanol–water partition coefficient (Wildman–Crippen LogP) is 0.796. The fraction of sp³-hybridized carbons (Fsp3) is 0.214. The third-order valence-electron chi connectivity index (χ3n) is 2.77. The molecule has 0 atom stereocenters. The van der Waals surface area contributed by atoms with Gasteiger partial charge in [-0.3, -0.25) is 14.3 Å². The molecule has 0 saturated carbocycles. The molecule has 0 radical (unpaired) electrons. The highest BCUT2D eigenvalue weighted by Gasteiger charge is 2.01. The lowest BCUT2D eigenvalue weighted by molar-refractivity contribution is 0.295. The van der Waals surface area contributed by atoms with Crippen molar-refractivity contribution in [1.82, 2.24) is 9.55 Å². The molecule has 20 heavy (non-hydrogen) atoms. The normalized spacial score (nSPS) is 10.0. The van der Waals surface area contributed by atoms with Gasteiger partial charge in [0.15, 0.2) is 0 Å². The SMILES string of the molecule is Cc1cn(CCOc2ccc(C#N)cc2)c(=O)[nH]c1=O. The van der Waals surface area contributed by atoms with E-state index in [2.05, 4.69) is 4.98 Å². The zero-order chi connectivity index (χ0) is 14.5. The van der Waals surface area contributed by atoms with Gasteiger partial charge in [0, 0.05) is 11.8 Å². The molecule has 1 aromatic carbocycles. The van der Waals surface area contributed by atoms with Crippen LogP contribution in [0.3, 0.4) is 0 Å². The van der Waals surface area contributed by atoms with Gasteiger partial charge in [-0.05, 0) is 31.2 Å². The van der Waals surface area contributed by atoms with Gasteiger partial charge in [-0.1, -0.05) is 0 Å². The Hall–Kier alpha value is -2.81. The molecule has 102 valence electrons. The largest absolute Gasteiger partial charge is 0.492 e. The third kappa shape index (κ3) is 3.14. The molecule has 0 spiro atoms. The second kappa shape index (κ2) is 5.89. The van der Waals surface area contributed by atoms with Gasteiger partial charge < -0.3 is 4.74 Å². The topological polar surface area (TPSA) is 87.9 Å². The Bertz CT molecular complexity index is 751. The van der Waals surface area contributed by atoms with Crippen molar-refractivity contribution in [1.29, 1.82) is 5.26 Å². The van der Waals surface area contributed by atoms with E-state index in [0.29, 0.717) is 23.4 Å². The number of aromatic amines is 1. The first-order valence-corrected chi connectivity index (χ1v) is 6.03. The second-order valence-corrected chi connectivity index (χ2v) is 4.25. The van der Waals surface area contributed by atoms with Crippen molar-refractivity contribution >= 4 is 0 Å². The van der Waals surface area contributed by atoms with Crippen molar-refractivity contribution < 1.29 is 4.74 Å². The fourth-order valence-electron chi connectivity index (χ4n) is 1.67. The summed E-state index contributed by atoms with van der Waals surface area (Å²) in [5.41, 5.74) is 0.205. The number of ether oxygens (including phenoxy) is 1. The number of hydrogen-bond acceptors (Lipinski definition) is 4. The monoisotopic (exact) mass is 271 g/mol. The zero-order valence-corrected chi connectivity index (χ0v) is 10.9. The minimum Gasteiger partial charge on any atom is -0.492 e. The molecule has 6 nitrogen and oxygen atoms in total. The Morgan fingerprint density at radius 3 is 2.65 bits per heavy atom. The predicted molar refractivity (Wildman–Crippen MR) is 72.7 cm³/mol. The van der Waals surface area contributed by atoms with E-state index < -0.39 is 5.69 Å². The Labute approximate surface area is 114 Å². The van der Waals surface area contributed by atoms with E-state index in [1.165, 1.54) is 10.8 Å². The van der Waals surface area contributed by atoms with Gasteiger partial charge in [0.2, 0.25) is 0 Å². The van der Waals surface area contributed by atoms with Gasteiger partial charge in [-0.2, -0.15) is 5.26 Å². The Morgan fingerprint density at radius 2 is 2.00 bits per heavy atom. The highest BCUT2D eigenvalue weighted by Crippen LogP contribution is 2.11. The van der Waals surface area contributed by atoms with E-state index in [1.807, 2.05) is 6.07 Å². The minimum absolute atomic E-state index is 0.289. The molecule has 1 N–H and O–H groups in total. The van der Waals surface area contributed by atoms with Crippen LogP contribution in [0.5, 0.6) is 5.75 Å². The standard InChI is InChI=1S/C14H13N3O3/c1-10-9-17(14(19)16-13(10)18)6-7-20-12-4-2-11(8-15)3-5-12/h2-5,9H,6-7H2,1H3,(H,16,18,19). The average molecular weight is 271 g/mol. The van der Waals surface area contributed by atoms with E-state index in [1.54, 1.807) is 31.2 Å². The van der Waals surface area contributed by atoms with E-state index in [0.717, 1.165) is 0 Å². The molecule has 0 saturated heterocycles. The molecule has 6 heteroatoms. The first-order valence-electron chi connectivity index (χ1n) is 6.03. The van der Waals surface area contributed by atoms with Gasteiger partial charge in [0.05, 0.1) is 18.2 Å². The summed E-state index contributed by atoms with van der Waals surface area (Å²) in [6.45, 7) is 2.25. The minimum atomic E-state index is -0.455. The smallest absolute Gasteiger partial charge is 0.328 e. The molecule has 1 heterocycles. The number of H-pyrrole nitrogens is 1. The summed E-state index contributed by atoms with van der Waals surface area (Å²) in [4.78, 5) is 25.0. The number of aromatic nitrogens is 2. The average Bonchev–Trinajstić information content (AvgIpc) is 2.45. The van der Waals surface area contributed by atoms with E-state index >= 15 is 0 Å². The Morgan fingerprint density at radius 1 is 1.30 bits per heavy atom. The van der Waals surface area contributed by atoms with E-state index in [9.17, 15) is 9.59 Å². The second-order valence-electron chi connectivity index (χ2n) is 4.25. The Balaban J connectivity index is 1.99. The molecular weight excluding hydrogens is 258 g/mol. The van der Waals surface area contributed by atoms with Gasteiger partial charge in [0.1, 0.15) is 12.4 Å². The van der Waals surface area contributed by atoms with Gasteiger partial charge in [0.25, 0.3) is 5.56 Å². The molecule has 0 aliphatic heterocycles. The lowest BCUT2D eigenvalue weighted by Gasteiger charge is -2.08. The van der Waals surface area contributed by atoms with Crippen LogP contribution in [0.1, 0.15) is 11.1 Å². The Kier molecular flexibility index (Phi) is 4.01. The third-order valence-corrected chi connectivity index (χ3v) is 2.77. The van der Waals surface area contributed by atoms with Crippen molar-refractivity contribution in [2.45, 2.75) is 13.5 Å². The van der Waals surface area contributed by atoms with Crippen LogP contribution >= 0.6 is 0 Å². The summed E-state index contributed by atoms with van der Waals surface area (Å²) < 4.78 is 6.86. The van der Waals surface area contributed by atoms with Crippen LogP contribution in [0.4, 0.5) is 0 Å². The molecule has 0 fully saturated rings. The molecule has 0 unspecified atom stereocenters. The summed E-state index contributed by atoms with van der Waals surface area (Å²) in [6, 6.07) is 8.72. The van der Waals surface area contributed by atoms with Crippen molar-refractivity contribution in [3.05, 3.63) is 62.4 Å². The van der Waals surface area contributed by atoms with Crippen molar-refractivity contribution in [3.63, 3.8) is 0 Å². The van der Waals surface area contributed by atoms with Crippen molar-refractivity contribution in [2.75, 3.05) is 6.61 Å². The van der Waals surface area contributed by atoms with Gasteiger partial charge >= 0.3 is 5.69 Å². The van der Waals surface area contributed by atoms with Crippen LogP contribution in [-0.2, 0) is 6.54 Å². The molecular formula is C14H13N3O3. The van der Waals surface area contributed by atoms with Crippen molar-refractivity contribution in [3.8, 4) is 11.8 Å². The summed E-state index contributed by atoms with van der Waals surface area (Å²) in [7, 11) is 0. The fourth-order valence-corrected chi connectivity index (χ4v) is 1.67. The summed E-state index contributed by atoms with van der Waals surface area (Å²) in [5.74, 6) is 0.623. The summed E-state index contributed by atoms with van der Waals surface area (Å²) in [5, 5.41) is 8.67. The number of benzene rings is 1. The molecule has 2 rings (SSSR count). The number of aryl methyl sites for hydroxylation is 1. The molecule has 0 bridgehead atoms. The lowest BCUT2D eigenvalue weighted by atomic mass is 10.2. The van der Waals surface area contributed by atoms with E-state index in [4.69, 9.17) is 10.00 Å². The molecule has 0 aliphatic rings. The number of rotatable bonds is 4. The summed E-state index contributed by atoms with van der Waals surface area (Å²) in [6.07, 6.45) is 1.50. The molecule has 2 aromatic rings. The highest BCUT2D eigenvalue weighted by molar-refractivity contribution is 5.34. The quantitative estimate of drug-likeness (QED) is 0.890. The maximum Gasteiger partial charge on any atom is 0.328 e. The van der Waals surface area contributed by atoms with Crippen LogP contribution in [0.25, 0.3) is 0 Å². The van der Waals surface area contributed by atoms with Gasteiger partial charge in [-0.15, -0.1) is 0 Å². The number of hydrogen-bond donors (Lipinski definition) is 1. The first-order chi connectivity index (χ1) is 9.60. The van der Waals surface area contributed by atoms with Crippen LogP contribution in [-0.4, -0.2) is 16.2 Å². The summed E-state index contributed by atoms with van der Waals surface area (Å²) >= 11 is 0. The maximum atomic E-state index is 11.5. The molecule has 1 aromatic heterocycles. The van der Waals surface area contributed by atoms with Crippen LogP contribution in [0.15, 0.2) is 40.1 Å². The first kappa shape index (κ1) is 13.6.